The van der Waals surface area contributed by atoms with Crippen LogP contribution in [0.5, 0.6) is 11.5 Å². The fraction of sp³-hybridized carbons (Fsp3) is 0.538. The van der Waals surface area contributed by atoms with Crippen molar-refractivity contribution < 1.29 is 14.2 Å². The Hall–Kier alpha value is -1.26. The zero-order valence-corrected chi connectivity index (χ0v) is 10.5. The molecule has 0 bridgehead atoms. The monoisotopic (exact) mass is 239 g/mol. The summed E-state index contributed by atoms with van der Waals surface area (Å²) in [5, 5.41) is 0. The summed E-state index contributed by atoms with van der Waals surface area (Å²) in [5.41, 5.74) is 5.58. The average molecular weight is 239 g/mol. The summed E-state index contributed by atoms with van der Waals surface area (Å²) in [4.78, 5) is 0. The SMILES string of the molecule is CCOC(CN)CCOc1cccc(OC)c1. The van der Waals surface area contributed by atoms with Gasteiger partial charge in [-0.3, -0.25) is 0 Å². The van der Waals surface area contributed by atoms with Crippen molar-refractivity contribution in [1.82, 2.24) is 0 Å². The van der Waals surface area contributed by atoms with Crippen LogP contribution in [0.2, 0.25) is 0 Å². The summed E-state index contributed by atoms with van der Waals surface area (Å²) in [7, 11) is 1.64. The summed E-state index contributed by atoms with van der Waals surface area (Å²) in [6, 6.07) is 7.55. The van der Waals surface area contributed by atoms with E-state index in [4.69, 9.17) is 19.9 Å². The van der Waals surface area contributed by atoms with Gasteiger partial charge in [0.1, 0.15) is 11.5 Å². The molecule has 1 aromatic rings. The molecule has 17 heavy (non-hydrogen) atoms. The van der Waals surface area contributed by atoms with Crippen LogP contribution in [0.4, 0.5) is 0 Å². The fourth-order valence-corrected chi connectivity index (χ4v) is 1.50. The largest absolute Gasteiger partial charge is 0.497 e. The summed E-state index contributed by atoms with van der Waals surface area (Å²) in [5.74, 6) is 1.60. The minimum atomic E-state index is 0.0746. The third-order valence-electron chi connectivity index (χ3n) is 2.42. The predicted octanol–water partition coefficient (Wildman–Crippen LogP) is 1.83. The number of ether oxygens (including phenoxy) is 3. The molecule has 4 heteroatoms. The highest BCUT2D eigenvalue weighted by Gasteiger charge is 2.06. The first-order valence-electron chi connectivity index (χ1n) is 5.88. The van der Waals surface area contributed by atoms with Gasteiger partial charge in [-0.15, -0.1) is 0 Å². The van der Waals surface area contributed by atoms with Crippen LogP contribution in [0.15, 0.2) is 24.3 Å². The molecule has 0 aliphatic rings. The molecule has 0 fully saturated rings. The molecule has 0 amide bonds. The number of methoxy groups -OCH3 is 1. The molecule has 0 radical (unpaired) electrons. The molecule has 0 heterocycles. The molecular weight excluding hydrogens is 218 g/mol. The van der Waals surface area contributed by atoms with Gasteiger partial charge in [0.2, 0.25) is 0 Å². The van der Waals surface area contributed by atoms with Crippen LogP contribution in [-0.2, 0) is 4.74 Å². The van der Waals surface area contributed by atoms with Crippen molar-refractivity contribution in [2.75, 3.05) is 26.9 Å². The standard InChI is InChI=1S/C13H21NO3/c1-3-16-13(10-14)7-8-17-12-6-4-5-11(9-12)15-2/h4-6,9,13H,3,7-8,10,14H2,1-2H3. The molecule has 1 unspecified atom stereocenters. The molecule has 0 saturated carbocycles. The Kier molecular flexibility index (Phi) is 6.43. The lowest BCUT2D eigenvalue weighted by Gasteiger charge is -2.15. The second kappa shape index (κ2) is 7.92. The van der Waals surface area contributed by atoms with E-state index in [9.17, 15) is 0 Å². The first-order valence-corrected chi connectivity index (χ1v) is 5.88. The summed E-state index contributed by atoms with van der Waals surface area (Å²) < 4.78 is 16.2. The Balaban J connectivity index is 2.34. The van der Waals surface area contributed by atoms with E-state index in [2.05, 4.69) is 0 Å². The first-order chi connectivity index (χ1) is 8.30. The Morgan fingerprint density at radius 3 is 2.71 bits per heavy atom. The minimum absolute atomic E-state index is 0.0746. The van der Waals surface area contributed by atoms with Crippen molar-refractivity contribution in [3.05, 3.63) is 24.3 Å². The third-order valence-corrected chi connectivity index (χ3v) is 2.42. The summed E-state index contributed by atoms with van der Waals surface area (Å²) in [6.07, 6.45) is 0.868. The molecule has 2 N–H and O–H groups in total. The highest BCUT2D eigenvalue weighted by molar-refractivity contribution is 5.32. The van der Waals surface area contributed by atoms with E-state index in [-0.39, 0.29) is 6.10 Å². The van der Waals surface area contributed by atoms with Gasteiger partial charge in [-0.1, -0.05) is 6.07 Å². The molecule has 0 saturated heterocycles. The van der Waals surface area contributed by atoms with Gasteiger partial charge in [0, 0.05) is 25.6 Å². The summed E-state index contributed by atoms with van der Waals surface area (Å²) >= 11 is 0. The molecule has 0 spiro atoms. The maximum absolute atomic E-state index is 5.61. The number of hydrogen-bond acceptors (Lipinski definition) is 4. The van der Waals surface area contributed by atoms with Crippen LogP contribution in [0.1, 0.15) is 13.3 Å². The smallest absolute Gasteiger partial charge is 0.122 e. The van der Waals surface area contributed by atoms with Gasteiger partial charge in [0.05, 0.1) is 19.8 Å². The summed E-state index contributed by atoms with van der Waals surface area (Å²) in [6.45, 7) is 3.76. The molecule has 96 valence electrons. The topological polar surface area (TPSA) is 53.7 Å². The van der Waals surface area contributed by atoms with Gasteiger partial charge in [-0.25, -0.2) is 0 Å². The van der Waals surface area contributed by atoms with Crippen molar-refractivity contribution in [2.24, 2.45) is 5.73 Å². The van der Waals surface area contributed by atoms with Crippen molar-refractivity contribution in [3.8, 4) is 11.5 Å². The second-order valence-corrected chi connectivity index (χ2v) is 3.63. The van der Waals surface area contributed by atoms with Crippen LogP contribution in [0.3, 0.4) is 0 Å². The number of benzene rings is 1. The van der Waals surface area contributed by atoms with Crippen LogP contribution in [0, 0.1) is 0 Å². The Morgan fingerprint density at radius 2 is 2.06 bits per heavy atom. The lowest BCUT2D eigenvalue weighted by Crippen LogP contribution is -2.25. The van der Waals surface area contributed by atoms with Gasteiger partial charge in [-0.2, -0.15) is 0 Å². The highest BCUT2D eigenvalue weighted by Crippen LogP contribution is 2.19. The van der Waals surface area contributed by atoms with E-state index >= 15 is 0 Å². The zero-order valence-electron chi connectivity index (χ0n) is 10.5. The van der Waals surface area contributed by atoms with Gasteiger partial charge in [-0.05, 0) is 19.1 Å². The van der Waals surface area contributed by atoms with Crippen molar-refractivity contribution in [2.45, 2.75) is 19.4 Å². The molecule has 1 aromatic carbocycles. The van der Waals surface area contributed by atoms with Crippen LogP contribution < -0.4 is 15.2 Å². The van der Waals surface area contributed by atoms with Gasteiger partial charge >= 0.3 is 0 Å². The molecule has 4 nitrogen and oxygen atoms in total. The normalized spacial score (nSPS) is 12.2. The van der Waals surface area contributed by atoms with Gasteiger partial charge in [0.15, 0.2) is 0 Å². The minimum Gasteiger partial charge on any atom is -0.497 e. The number of hydrogen-bond donors (Lipinski definition) is 1. The Labute approximate surface area is 103 Å². The van der Waals surface area contributed by atoms with Gasteiger partial charge in [0.25, 0.3) is 0 Å². The van der Waals surface area contributed by atoms with E-state index in [1.54, 1.807) is 7.11 Å². The van der Waals surface area contributed by atoms with Crippen molar-refractivity contribution in [1.29, 1.82) is 0 Å². The molecule has 0 aromatic heterocycles. The van der Waals surface area contributed by atoms with Crippen LogP contribution >= 0.6 is 0 Å². The molecular formula is C13H21NO3. The molecule has 0 aliphatic heterocycles. The Bertz CT molecular complexity index is 317. The number of nitrogens with two attached hydrogens (primary N) is 1. The fourth-order valence-electron chi connectivity index (χ4n) is 1.50. The lowest BCUT2D eigenvalue weighted by molar-refractivity contribution is 0.0527. The van der Waals surface area contributed by atoms with Crippen LogP contribution in [0.25, 0.3) is 0 Å². The Morgan fingerprint density at radius 1 is 1.29 bits per heavy atom. The van der Waals surface area contributed by atoms with E-state index in [0.29, 0.717) is 19.8 Å². The molecule has 1 rings (SSSR count). The van der Waals surface area contributed by atoms with Crippen molar-refractivity contribution in [3.63, 3.8) is 0 Å². The maximum atomic E-state index is 5.61. The van der Waals surface area contributed by atoms with Crippen LogP contribution in [-0.4, -0.2) is 33.0 Å². The average Bonchev–Trinajstić information content (AvgIpc) is 2.38. The maximum Gasteiger partial charge on any atom is 0.122 e. The van der Waals surface area contributed by atoms with E-state index in [1.165, 1.54) is 0 Å². The first kappa shape index (κ1) is 13.8. The molecule has 0 aliphatic carbocycles. The van der Waals surface area contributed by atoms with E-state index in [0.717, 1.165) is 17.9 Å². The third kappa shape index (κ3) is 5.06. The van der Waals surface area contributed by atoms with Gasteiger partial charge < -0.3 is 19.9 Å². The van der Waals surface area contributed by atoms with E-state index < -0.39 is 0 Å². The predicted molar refractivity (Wildman–Crippen MR) is 67.6 cm³/mol. The second-order valence-electron chi connectivity index (χ2n) is 3.63. The number of rotatable bonds is 8. The lowest BCUT2D eigenvalue weighted by atomic mass is 10.2. The quantitative estimate of drug-likeness (QED) is 0.752. The molecule has 1 atom stereocenters. The van der Waals surface area contributed by atoms with E-state index in [1.807, 2.05) is 31.2 Å². The zero-order chi connectivity index (χ0) is 12.5. The van der Waals surface area contributed by atoms with Crippen molar-refractivity contribution >= 4 is 0 Å². The highest BCUT2D eigenvalue weighted by atomic mass is 16.5.